The number of carbonyl (C=O) groups excluding carboxylic acids is 2. The Morgan fingerprint density at radius 2 is 1.67 bits per heavy atom. The van der Waals surface area contributed by atoms with Crippen molar-refractivity contribution in [2.75, 3.05) is 31.4 Å². The minimum absolute atomic E-state index is 0.0982. The van der Waals surface area contributed by atoms with Crippen LogP contribution in [0.2, 0.25) is 0 Å². The molecule has 1 spiro atoms. The molecular weight excluding hydrogens is 436 g/mol. The number of carbonyl (C=O) groups is 2. The molecule has 0 aliphatic carbocycles. The number of rotatable bonds is 5. The van der Waals surface area contributed by atoms with Crippen LogP contribution in [0.4, 0.5) is 5.69 Å². The van der Waals surface area contributed by atoms with Gasteiger partial charge in [0.2, 0.25) is 0 Å². The molecule has 3 aromatic carbocycles. The van der Waals surface area contributed by atoms with E-state index in [1.54, 1.807) is 48.3 Å². The van der Waals surface area contributed by atoms with E-state index in [4.69, 9.17) is 9.47 Å². The van der Waals surface area contributed by atoms with Crippen LogP contribution >= 0.6 is 11.8 Å². The minimum atomic E-state index is -1.12. The van der Waals surface area contributed by atoms with Crippen LogP contribution < -0.4 is 14.4 Å². The van der Waals surface area contributed by atoms with Crippen molar-refractivity contribution in [2.24, 2.45) is 0 Å². The van der Waals surface area contributed by atoms with Crippen molar-refractivity contribution < 1.29 is 19.1 Å². The van der Waals surface area contributed by atoms with Crippen LogP contribution in [-0.2, 0) is 16.2 Å². The van der Waals surface area contributed by atoms with Gasteiger partial charge in [0.15, 0.2) is 4.87 Å². The zero-order valence-corrected chi connectivity index (χ0v) is 19.3. The number of fused-ring (bicyclic) bond motifs is 2. The maximum atomic E-state index is 14.1. The predicted molar refractivity (Wildman–Crippen MR) is 129 cm³/mol. The number of benzene rings is 3. The fourth-order valence-electron chi connectivity index (χ4n) is 4.53. The van der Waals surface area contributed by atoms with Crippen LogP contribution in [0.3, 0.4) is 0 Å². The van der Waals surface area contributed by atoms with Gasteiger partial charge in [-0.2, -0.15) is 0 Å². The average molecular weight is 461 g/mol. The second-order valence-electron chi connectivity index (χ2n) is 7.94. The fourth-order valence-corrected chi connectivity index (χ4v) is 5.99. The van der Waals surface area contributed by atoms with Crippen molar-refractivity contribution in [1.29, 1.82) is 0 Å². The topological polar surface area (TPSA) is 59.1 Å². The fraction of sp³-hybridized carbons (Fsp3) is 0.231. The molecule has 7 heteroatoms. The molecule has 2 amide bonds. The normalized spacial score (nSPS) is 19.2. The monoisotopic (exact) mass is 460 g/mol. The van der Waals surface area contributed by atoms with Crippen LogP contribution in [0.1, 0.15) is 21.5 Å². The van der Waals surface area contributed by atoms with E-state index in [2.05, 4.69) is 0 Å². The summed E-state index contributed by atoms with van der Waals surface area (Å²) in [4.78, 5) is 30.1. The molecular formula is C26H24N2O4S. The lowest BCUT2D eigenvalue weighted by atomic mass is 10.0. The SMILES string of the molecule is COc1ccc(C(=O)N2CCSC23C(=O)N(Cc2ccccc2)c2ccc(OC)cc23)cc1. The number of hydrogen-bond donors (Lipinski definition) is 0. The van der Waals surface area contributed by atoms with E-state index in [1.807, 2.05) is 48.5 Å². The summed E-state index contributed by atoms with van der Waals surface area (Å²) in [5, 5.41) is 0. The zero-order valence-electron chi connectivity index (χ0n) is 18.5. The average Bonchev–Trinajstić information content (AvgIpc) is 3.41. The van der Waals surface area contributed by atoms with E-state index < -0.39 is 4.87 Å². The summed E-state index contributed by atoms with van der Waals surface area (Å²) in [6.07, 6.45) is 0. The molecule has 2 aliphatic rings. The highest BCUT2D eigenvalue weighted by Gasteiger charge is 2.59. The second-order valence-corrected chi connectivity index (χ2v) is 9.23. The third kappa shape index (κ3) is 3.43. The van der Waals surface area contributed by atoms with Crippen molar-refractivity contribution in [3.05, 3.63) is 89.5 Å². The van der Waals surface area contributed by atoms with E-state index in [1.165, 1.54) is 11.8 Å². The number of amides is 2. The smallest absolute Gasteiger partial charge is 0.268 e. The second kappa shape index (κ2) is 8.48. The maximum absolute atomic E-state index is 14.1. The van der Waals surface area contributed by atoms with E-state index in [9.17, 15) is 9.59 Å². The van der Waals surface area contributed by atoms with Crippen molar-refractivity contribution >= 4 is 29.3 Å². The lowest BCUT2D eigenvalue weighted by Gasteiger charge is -2.33. The number of nitrogens with zero attached hydrogens (tertiary/aromatic N) is 2. The quantitative estimate of drug-likeness (QED) is 0.569. The highest BCUT2D eigenvalue weighted by Crippen LogP contribution is 2.55. The van der Waals surface area contributed by atoms with Crippen LogP contribution in [0.15, 0.2) is 72.8 Å². The van der Waals surface area contributed by atoms with E-state index >= 15 is 0 Å². The summed E-state index contributed by atoms with van der Waals surface area (Å²) >= 11 is 1.51. The molecule has 0 aromatic heterocycles. The molecule has 0 N–H and O–H groups in total. The zero-order chi connectivity index (χ0) is 23.0. The van der Waals surface area contributed by atoms with Gasteiger partial charge in [-0.3, -0.25) is 9.59 Å². The first-order valence-electron chi connectivity index (χ1n) is 10.7. The number of hydrogen-bond acceptors (Lipinski definition) is 5. The Bertz CT molecular complexity index is 1200. The summed E-state index contributed by atoms with van der Waals surface area (Å²) < 4.78 is 10.7. The van der Waals surface area contributed by atoms with Gasteiger partial charge >= 0.3 is 0 Å². The number of ether oxygens (including phenoxy) is 2. The Morgan fingerprint density at radius 1 is 0.970 bits per heavy atom. The minimum Gasteiger partial charge on any atom is -0.497 e. The van der Waals surface area contributed by atoms with Gasteiger partial charge in [0.1, 0.15) is 11.5 Å². The molecule has 3 aromatic rings. The number of thioether (sulfide) groups is 1. The first-order valence-corrected chi connectivity index (χ1v) is 11.7. The van der Waals surface area contributed by atoms with Gasteiger partial charge in [-0.05, 0) is 48.0 Å². The van der Waals surface area contributed by atoms with E-state index in [0.29, 0.717) is 35.9 Å². The molecule has 1 atom stereocenters. The van der Waals surface area contributed by atoms with Crippen molar-refractivity contribution in [3.63, 3.8) is 0 Å². The maximum Gasteiger partial charge on any atom is 0.268 e. The molecule has 1 fully saturated rings. The van der Waals surface area contributed by atoms with Gasteiger partial charge in [0.05, 0.1) is 26.5 Å². The molecule has 0 radical (unpaired) electrons. The van der Waals surface area contributed by atoms with Crippen molar-refractivity contribution in [2.45, 2.75) is 11.4 Å². The summed E-state index contributed by atoms with van der Waals surface area (Å²) in [7, 11) is 3.20. The molecule has 33 heavy (non-hydrogen) atoms. The first kappa shape index (κ1) is 21.4. The third-order valence-corrected chi connectivity index (χ3v) is 7.59. The first-order chi connectivity index (χ1) is 16.1. The molecule has 6 nitrogen and oxygen atoms in total. The Morgan fingerprint density at radius 3 is 2.36 bits per heavy atom. The molecule has 2 heterocycles. The van der Waals surface area contributed by atoms with Gasteiger partial charge in [0, 0.05) is 23.4 Å². The Balaban J connectivity index is 1.59. The van der Waals surface area contributed by atoms with Crippen LogP contribution in [-0.4, -0.2) is 43.2 Å². The Labute approximate surface area is 197 Å². The summed E-state index contributed by atoms with van der Waals surface area (Å²) in [6, 6.07) is 22.6. The van der Waals surface area contributed by atoms with Crippen molar-refractivity contribution in [1.82, 2.24) is 4.90 Å². The molecule has 1 saturated heterocycles. The lowest BCUT2D eigenvalue weighted by Crippen LogP contribution is -2.50. The van der Waals surface area contributed by atoms with Gasteiger partial charge in [-0.15, -0.1) is 11.8 Å². The highest BCUT2D eigenvalue weighted by molar-refractivity contribution is 8.01. The van der Waals surface area contributed by atoms with Gasteiger partial charge in [-0.25, -0.2) is 0 Å². The molecule has 1 unspecified atom stereocenters. The highest BCUT2D eigenvalue weighted by atomic mass is 32.2. The largest absolute Gasteiger partial charge is 0.497 e. The Hall–Kier alpha value is -3.45. The van der Waals surface area contributed by atoms with Crippen LogP contribution in [0.25, 0.3) is 0 Å². The van der Waals surface area contributed by atoms with Crippen LogP contribution in [0.5, 0.6) is 11.5 Å². The van der Waals surface area contributed by atoms with Gasteiger partial charge in [-0.1, -0.05) is 30.3 Å². The number of anilines is 1. The summed E-state index contributed by atoms with van der Waals surface area (Å²) in [5.74, 6) is 1.74. The van der Waals surface area contributed by atoms with E-state index in [0.717, 1.165) is 16.8 Å². The predicted octanol–water partition coefficient (Wildman–Crippen LogP) is 4.29. The van der Waals surface area contributed by atoms with Crippen molar-refractivity contribution in [3.8, 4) is 11.5 Å². The summed E-state index contributed by atoms with van der Waals surface area (Å²) in [6.45, 7) is 0.920. The molecule has 5 rings (SSSR count). The molecule has 0 bridgehead atoms. The molecule has 2 aliphatic heterocycles. The Kier molecular flexibility index (Phi) is 5.50. The van der Waals surface area contributed by atoms with Gasteiger partial charge < -0.3 is 19.3 Å². The molecule has 0 saturated carbocycles. The van der Waals surface area contributed by atoms with Gasteiger partial charge in [0.25, 0.3) is 11.8 Å². The summed E-state index contributed by atoms with van der Waals surface area (Å²) in [5.41, 5.74) is 3.16. The van der Waals surface area contributed by atoms with Crippen LogP contribution in [0, 0.1) is 0 Å². The lowest BCUT2D eigenvalue weighted by molar-refractivity contribution is -0.123. The number of methoxy groups -OCH3 is 2. The standard InChI is InChI=1S/C26H24N2O4S/c1-31-20-10-8-19(9-11-20)24(29)28-14-15-33-26(28)22-16-21(32-2)12-13-23(22)27(25(26)30)17-18-6-4-3-5-7-18/h3-13,16H,14-15,17H2,1-2H3. The van der Waals surface area contributed by atoms with E-state index in [-0.39, 0.29) is 11.8 Å². The third-order valence-electron chi connectivity index (χ3n) is 6.17. The molecule has 168 valence electrons.